The van der Waals surface area contributed by atoms with Gasteiger partial charge in [0.25, 0.3) is 11.8 Å². The highest BCUT2D eigenvalue weighted by molar-refractivity contribution is 8.00. The molecule has 14 heteroatoms. The molecule has 2 aliphatic heterocycles. The third-order valence-electron chi connectivity index (χ3n) is 3.86. The topological polar surface area (TPSA) is 150 Å². The number of halogens is 1. The maximum absolute atomic E-state index is 12.8. The lowest BCUT2D eigenvalue weighted by Crippen LogP contribution is -2.70. The molecule has 3 rings (SSSR count). The fraction of sp³-hybridized carbons (Fsp3) is 0.250. The van der Waals surface area contributed by atoms with Gasteiger partial charge in [-0.05, 0) is 6.08 Å². The summed E-state index contributed by atoms with van der Waals surface area (Å²) in [7, 11) is 0. The number of aromatic nitrogens is 1. The van der Waals surface area contributed by atoms with Crippen molar-refractivity contribution >= 4 is 69.7 Å². The van der Waals surface area contributed by atoms with E-state index < -0.39 is 29.2 Å². The zero-order chi connectivity index (χ0) is 21.8. The summed E-state index contributed by atoms with van der Waals surface area (Å²) >= 11 is 8.28. The molecule has 1 saturated heterocycles. The third-order valence-corrected chi connectivity index (χ3v) is 6.23. The van der Waals surface area contributed by atoms with E-state index in [1.54, 1.807) is 0 Å². The molecule has 156 valence electrons. The van der Waals surface area contributed by atoms with Crippen LogP contribution < -0.4 is 10.6 Å². The number of carbonyl (C=O) groups is 4. The first-order valence-electron chi connectivity index (χ1n) is 8.08. The van der Waals surface area contributed by atoms with Crippen LogP contribution in [0.1, 0.15) is 5.69 Å². The highest BCUT2D eigenvalue weighted by Crippen LogP contribution is 2.37. The fourth-order valence-electron chi connectivity index (χ4n) is 2.63. The molecule has 1 aromatic rings. The molecule has 3 heterocycles. The summed E-state index contributed by atoms with van der Waals surface area (Å²) in [6, 6.07) is -0.978. The Balaban J connectivity index is 1.81. The Morgan fingerprint density at radius 1 is 1.57 bits per heavy atom. The van der Waals surface area contributed by atoms with Crippen molar-refractivity contribution in [1.82, 2.24) is 15.2 Å². The number of anilines is 1. The average Bonchev–Trinajstić information content (AvgIpc) is 3.08. The number of thiazole rings is 1. The SMILES string of the molecule is C#CCON=C(C(=O)NC1C(=O)N2C(C(=O)O)=CCS[C@@H]12)c1nc(NC=O)sc1Cl. The Hall–Kier alpha value is -3.08. The van der Waals surface area contributed by atoms with Crippen LogP contribution in [0.3, 0.4) is 0 Å². The van der Waals surface area contributed by atoms with E-state index >= 15 is 0 Å². The number of terminal acetylenes is 1. The van der Waals surface area contributed by atoms with Crippen molar-refractivity contribution in [2.24, 2.45) is 5.16 Å². The fourth-order valence-corrected chi connectivity index (χ4v) is 4.83. The smallest absolute Gasteiger partial charge is 0.352 e. The van der Waals surface area contributed by atoms with Gasteiger partial charge in [0, 0.05) is 5.75 Å². The summed E-state index contributed by atoms with van der Waals surface area (Å²) in [5.41, 5.74) is -0.564. The zero-order valence-electron chi connectivity index (χ0n) is 14.8. The number of fused-ring (bicyclic) bond motifs is 1. The minimum absolute atomic E-state index is 0.0438. The lowest BCUT2D eigenvalue weighted by Gasteiger charge is -2.48. The number of nitrogens with one attached hydrogen (secondary N) is 2. The van der Waals surface area contributed by atoms with Gasteiger partial charge in [-0.2, -0.15) is 0 Å². The number of hydrogen-bond donors (Lipinski definition) is 3. The molecule has 1 aromatic heterocycles. The van der Waals surface area contributed by atoms with Gasteiger partial charge in [0.2, 0.25) is 6.41 Å². The molecule has 3 N–H and O–H groups in total. The first-order chi connectivity index (χ1) is 14.4. The molecular weight excluding hydrogens is 458 g/mol. The number of hydrogen-bond acceptors (Lipinski definition) is 9. The molecule has 2 atom stereocenters. The van der Waals surface area contributed by atoms with E-state index in [0.29, 0.717) is 12.2 Å². The van der Waals surface area contributed by atoms with Crippen LogP contribution >= 0.6 is 34.7 Å². The van der Waals surface area contributed by atoms with Gasteiger partial charge < -0.3 is 20.6 Å². The minimum atomic E-state index is -1.23. The van der Waals surface area contributed by atoms with Gasteiger partial charge in [-0.25, -0.2) is 9.78 Å². The maximum Gasteiger partial charge on any atom is 0.352 e. The number of carboxylic acid groups (broad SMARTS) is 1. The van der Waals surface area contributed by atoms with E-state index in [1.807, 2.05) is 0 Å². The second-order valence-corrected chi connectivity index (χ2v) is 8.35. The van der Waals surface area contributed by atoms with Crippen LogP contribution in [-0.4, -0.2) is 68.7 Å². The van der Waals surface area contributed by atoms with Crippen LogP contribution in [0.2, 0.25) is 4.34 Å². The molecular formula is C16H12ClN5O6S2. The molecule has 0 spiro atoms. The summed E-state index contributed by atoms with van der Waals surface area (Å²) in [5.74, 6) is -0.0901. The third kappa shape index (κ3) is 4.11. The monoisotopic (exact) mass is 469 g/mol. The molecule has 3 amide bonds. The van der Waals surface area contributed by atoms with Gasteiger partial charge in [0.05, 0.1) is 0 Å². The highest BCUT2D eigenvalue weighted by Gasteiger charge is 2.53. The van der Waals surface area contributed by atoms with Crippen LogP contribution in [0, 0.1) is 12.3 Å². The van der Waals surface area contributed by atoms with Gasteiger partial charge >= 0.3 is 5.97 Å². The van der Waals surface area contributed by atoms with E-state index in [-0.39, 0.29) is 33.2 Å². The second-order valence-electron chi connectivity index (χ2n) is 5.60. The predicted molar refractivity (Wildman–Crippen MR) is 109 cm³/mol. The molecule has 1 unspecified atom stereocenters. The summed E-state index contributed by atoms with van der Waals surface area (Å²) in [4.78, 5) is 57.2. The lowest BCUT2D eigenvalue weighted by molar-refractivity contribution is -0.150. The maximum atomic E-state index is 12.8. The van der Waals surface area contributed by atoms with E-state index in [4.69, 9.17) is 22.9 Å². The molecule has 30 heavy (non-hydrogen) atoms. The van der Waals surface area contributed by atoms with Crippen molar-refractivity contribution in [3.63, 3.8) is 0 Å². The molecule has 2 aliphatic rings. The summed E-state index contributed by atoms with van der Waals surface area (Å²) in [6.45, 7) is -0.237. The molecule has 0 radical (unpaired) electrons. The molecule has 1 fully saturated rings. The Kier molecular flexibility index (Phi) is 6.60. The van der Waals surface area contributed by atoms with E-state index in [9.17, 15) is 24.3 Å². The van der Waals surface area contributed by atoms with Crippen LogP contribution in [-0.2, 0) is 24.0 Å². The molecule has 0 aliphatic carbocycles. The quantitative estimate of drug-likeness (QED) is 0.121. The number of nitrogens with zero attached hydrogens (tertiary/aromatic N) is 3. The zero-order valence-corrected chi connectivity index (χ0v) is 17.2. The number of rotatable bonds is 8. The van der Waals surface area contributed by atoms with Crippen LogP contribution in [0.4, 0.5) is 5.13 Å². The lowest BCUT2D eigenvalue weighted by atomic mass is 10.0. The predicted octanol–water partition coefficient (Wildman–Crippen LogP) is 0.0871. The first kappa shape index (κ1) is 21.6. The Labute approximate surface area is 182 Å². The standard InChI is InChI=1S/C16H12ClN5O6S2/c1-2-4-28-21-9(8-11(17)30-16(20-8)18-6-23)12(24)19-10-13(25)22-7(15(26)27)3-5-29-14(10)22/h1,3,6,10,14H,4-5H2,(H,19,24)(H,26,27)(H,18,20,23)/t10?,14-/m0/s1. The van der Waals surface area contributed by atoms with Crippen LogP contribution in [0.25, 0.3) is 0 Å². The minimum Gasteiger partial charge on any atom is -0.477 e. The first-order valence-corrected chi connectivity index (χ1v) is 10.3. The molecule has 0 saturated carbocycles. The van der Waals surface area contributed by atoms with Gasteiger partial charge in [-0.3, -0.25) is 19.3 Å². The number of thioether (sulfide) groups is 1. The van der Waals surface area contributed by atoms with Gasteiger partial charge in [0.15, 0.2) is 17.5 Å². The van der Waals surface area contributed by atoms with Crippen molar-refractivity contribution in [3.05, 3.63) is 21.8 Å². The van der Waals surface area contributed by atoms with Gasteiger partial charge in [-0.1, -0.05) is 34.0 Å². The molecule has 11 nitrogen and oxygen atoms in total. The number of β-lactam (4-membered cyclic amide) rings is 1. The number of carboxylic acids is 1. The molecule has 0 aromatic carbocycles. The second kappa shape index (κ2) is 9.16. The van der Waals surface area contributed by atoms with Crippen LogP contribution in [0.5, 0.6) is 0 Å². The number of aliphatic carboxylic acids is 1. The Bertz CT molecular complexity index is 1020. The van der Waals surface area contributed by atoms with Crippen molar-refractivity contribution in [1.29, 1.82) is 0 Å². The van der Waals surface area contributed by atoms with Crippen molar-refractivity contribution in [3.8, 4) is 12.3 Å². The van der Waals surface area contributed by atoms with Crippen molar-refractivity contribution in [2.75, 3.05) is 17.7 Å². The van der Waals surface area contributed by atoms with E-state index in [0.717, 1.165) is 16.2 Å². The Morgan fingerprint density at radius 3 is 3.00 bits per heavy atom. The number of amides is 3. The largest absolute Gasteiger partial charge is 0.477 e. The van der Waals surface area contributed by atoms with E-state index in [1.165, 1.54) is 17.8 Å². The van der Waals surface area contributed by atoms with Crippen LogP contribution in [0.15, 0.2) is 16.9 Å². The van der Waals surface area contributed by atoms with Gasteiger partial charge in [-0.15, -0.1) is 18.2 Å². The number of carbonyl (C=O) groups excluding carboxylic acids is 3. The van der Waals surface area contributed by atoms with Crippen molar-refractivity contribution in [2.45, 2.75) is 11.4 Å². The number of oxime groups is 1. The van der Waals surface area contributed by atoms with Crippen molar-refractivity contribution < 1.29 is 29.1 Å². The molecule has 0 bridgehead atoms. The Morgan fingerprint density at radius 2 is 2.33 bits per heavy atom. The highest BCUT2D eigenvalue weighted by atomic mass is 35.5. The average molecular weight is 470 g/mol. The summed E-state index contributed by atoms with van der Waals surface area (Å²) in [5, 5.41) is 17.2. The van der Waals surface area contributed by atoms with Gasteiger partial charge in [0.1, 0.15) is 27.1 Å². The van der Waals surface area contributed by atoms with E-state index in [2.05, 4.69) is 26.7 Å². The summed E-state index contributed by atoms with van der Waals surface area (Å²) < 4.78 is 0.0438. The summed E-state index contributed by atoms with van der Waals surface area (Å²) in [6.07, 6.45) is 6.92. The normalized spacial score (nSPS) is 20.3.